The van der Waals surface area contributed by atoms with Gasteiger partial charge in [0.15, 0.2) is 0 Å². The lowest BCUT2D eigenvalue weighted by Gasteiger charge is -2.05. The van der Waals surface area contributed by atoms with Crippen LogP contribution in [0, 0.1) is 5.92 Å². The highest BCUT2D eigenvalue weighted by molar-refractivity contribution is 5.39. The first-order valence-corrected chi connectivity index (χ1v) is 7.86. The summed E-state index contributed by atoms with van der Waals surface area (Å²) in [5, 5.41) is 3.46. The molecule has 110 valence electrons. The van der Waals surface area contributed by atoms with Gasteiger partial charge in [-0.05, 0) is 55.5 Å². The van der Waals surface area contributed by atoms with Gasteiger partial charge in [0.05, 0.1) is 6.61 Å². The number of aryl methyl sites for hydroxylation is 1. The van der Waals surface area contributed by atoms with Crippen molar-refractivity contribution in [2.45, 2.75) is 39.5 Å². The molecule has 2 rings (SSSR count). The third kappa shape index (κ3) is 5.01. The van der Waals surface area contributed by atoms with Crippen LogP contribution in [0.1, 0.15) is 37.8 Å². The van der Waals surface area contributed by atoms with Crippen molar-refractivity contribution in [3.63, 3.8) is 0 Å². The molecule has 20 heavy (non-hydrogen) atoms. The van der Waals surface area contributed by atoms with Gasteiger partial charge in [0.2, 0.25) is 0 Å². The zero-order valence-corrected chi connectivity index (χ0v) is 12.8. The molecule has 2 nitrogen and oxygen atoms in total. The van der Waals surface area contributed by atoms with Crippen molar-refractivity contribution >= 4 is 0 Å². The number of hydrogen-bond donors (Lipinski definition) is 1. The smallest absolute Gasteiger partial charge is 0.122 e. The highest BCUT2D eigenvalue weighted by Crippen LogP contribution is 2.26. The SMILES string of the molecule is CC(C)CNCCC=CCCc1ccc2c(c1)CCO2. The monoisotopic (exact) mass is 273 g/mol. The van der Waals surface area contributed by atoms with Crippen LogP contribution in [-0.4, -0.2) is 19.7 Å². The number of hydrogen-bond acceptors (Lipinski definition) is 2. The van der Waals surface area contributed by atoms with Gasteiger partial charge < -0.3 is 10.1 Å². The second-order valence-electron chi connectivity index (χ2n) is 5.94. The largest absolute Gasteiger partial charge is 0.493 e. The van der Waals surface area contributed by atoms with E-state index in [2.05, 4.69) is 49.5 Å². The fraction of sp³-hybridized carbons (Fsp3) is 0.556. The maximum absolute atomic E-state index is 5.53. The molecule has 1 N–H and O–H groups in total. The standard InChI is InChI=1S/C18H27NO/c1-15(2)14-19-11-6-4-3-5-7-16-8-9-18-17(13-16)10-12-20-18/h3-4,8-9,13,15,19H,5-7,10-12,14H2,1-2H3. The lowest BCUT2D eigenvalue weighted by molar-refractivity contribution is 0.357. The van der Waals surface area contributed by atoms with E-state index in [0.717, 1.165) is 57.0 Å². The first-order chi connectivity index (χ1) is 9.75. The van der Waals surface area contributed by atoms with E-state index in [1.165, 1.54) is 11.1 Å². The maximum Gasteiger partial charge on any atom is 0.122 e. The zero-order valence-electron chi connectivity index (χ0n) is 12.8. The Labute approximate surface area is 123 Å². The van der Waals surface area contributed by atoms with Gasteiger partial charge in [0, 0.05) is 6.42 Å². The summed E-state index contributed by atoms with van der Waals surface area (Å²) in [7, 11) is 0. The fourth-order valence-electron chi connectivity index (χ4n) is 2.46. The van der Waals surface area contributed by atoms with Gasteiger partial charge >= 0.3 is 0 Å². The van der Waals surface area contributed by atoms with Crippen LogP contribution in [0.2, 0.25) is 0 Å². The number of benzene rings is 1. The molecule has 0 spiro atoms. The summed E-state index contributed by atoms with van der Waals surface area (Å²) in [6.45, 7) is 7.53. The van der Waals surface area contributed by atoms with Crippen molar-refractivity contribution < 1.29 is 4.74 Å². The highest BCUT2D eigenvalue weighted by atomic mass is 16.5. The van der Waals surface area contributed by atoms with Crippen LogP contribution in [0.15, 0.2) is 30.4 Å². The van der Waals surface area contributed by atoms with Crippen LogP contribution < -0.4 is 10.1 Å². The van der Waals surface area contributed by atoms with E-state index in [9.17, 15) is 0 Å². The van der Waals surface area contributed by atoms with Crippen molar-refractivity contribution in [2.75, 3.05) is 19.7 Å². The second-order valence-corrected chi connectivity index (χ2v) is 5.94. The van der Waals surface area contributed by atoms with E-state index >= 15 is 0 Å². The molecule has 0 fully saturated rings. The number of fused-ring (bicyclic) bond motifs is 1. The highest BCUT2D eigenvalue weighted by Gasteiger charge is 2.11. The lowest BCUT2D eigenvalue weighted by Crippen LogP contribution is -2.20. The molecule has 0 aromatic heterocycles. The zero-order chi connectivity index (χ0) is 14.2. The molecule has 1 aromatic rings. The van der Waals surface area contributed by atoms with E-state index in [1.54, 1.807) is 0 Å². The molecule has 0 saturated heterocycles. The molecule has 2 heteroatoms. The minimum Gasteiger partial charge on any atom is -0.493 e. The van der Waals surface area contributed by atoms with E-state index in [1.807, 2.05) is 0 Å². The summed E-state index contributed by atoms with van der Waals surface area (Å²) in [6.07, 6.45) is 9.06. The van der Waals surface area contributed by atoms with Crippen LogP contribution in [0.3, 0.4) is 0 Å². The summed E-state index contributed by atoms with van der Waals surface area (Å²) < 4.78 is 5.53. The van der Waals surface area contributed by atoms with E-state index in [4.69, 9.17) is 4.74 Å². The molecule has 1 aromatic carbocycles. The first-order valence-electron chi connectivity index (χ1n) is 7.86. The Morgan fingerprint density at radius 1 is 1.25 bits per heavy atom. The van der Waals surface area contributed by atoms with Gasteiger partial charge in [-0.3, -0.25) is 0 Å². The lowest BCUT2D eigenvalue weighted by atomic mass is 10.0. The van der Waals surface area contributed by atoms with Gasteiger partial charge in [-0.2, -0.15) is 0 Å². The molecule has 0 unspecified atom stereocenters. The van der Waals surface area contributed by atoms with Crippen LogP contribution in [0.4, 0.5) is 0 Å². The number of ether oxygens (including phenoxy) is 1. The number of allylic oxidation sites excluding steroid dienone is 1. The Kier molecular flexibility index (Phi) is 6.13. The maximum atomic E-state index is 5.53. The van der Waals surface area contributed by atoms with Crippen molar-refractivity contribution in [2.24, 2.45) is 5.92 Å². The molecule has 0 bridgehead atoms. The van der Waals surface area contributed by atoms with E-state index in [0.29, 0.717) is 0 Å². The molecule has 0 saturated carbocycles. The molecule has 0 radical (unpaired) electrons. The van der Waals surface area contributed by atoms with Crippen molar-refractivity contribution in [1.82, 2.24) is 5.32 Å². The van der Waals surface area contributed by atoms with E-state index < -0.39 is 0 Å². The molecule has 1 aliphatic rings. The normalized spacial score (nSPS) is 13.9. The van der Waals surface area contributed by atoms with Gasteiger partial charge in [-0.1, -0.05) is 38.1 Å². The van der Waals surface area contributed by atoms with Gasteiger partial charge in [0.1, 0.15) is 5.75 Å². The summed E-state index contributed by atoms with van der Waals surface area (Å²) in [5.41, 5.74) is 2.81. The van der Waals surface area contributed by atoms with Crippen molar-refractivity contribution in [1.29, 1.82) is 0 Å². The van der Waals surface area contributed by atoms with Gasteiger partial charge in [-0.15, -0.1) is 0 Å². The van der Waals surface area contributed by atoms with Gasteiger partial charge in [0.25, 0.3) is 0 Å². The summed E-state index contributed by atoms with van der Waals surface area (Å²) in [4.78, 5) is 0. The molecule has 0 aliphatic carbocycles. The number of nitrogens with one attached hydrogen (secondary N) is 1. The van der Waals surface area contributed by atoms with Gasteiger partial charge in [-0.25, -0.2) is 0 Å². The average molecular weight is 273 g/mol. The third-order valence-corrected chi connectivity index (χ3v) is 3.56. The first kappa shape index (κ1) is 15.1. The third-order valence-electron chi connectivity index (χ3n) is 3.56. The topological polar surface area (TPSA) is 21.3 Å². The average Bonchev–Trinajstić information content (AvgIpc) is 2.89. The predicted molar refractivity (Wildman–Crippen MR) is 85.4 cm³/mol. The Morgan fingerprint density at radius 2 is 2.10 bits per heavy atom. The summed E-state index contributed by atoms with van der Waals surface area (Å²) in [6, 6.07) is 6.62. The fourth-order valence-corrected chi connectivity index (χ4v) is 2.46. The Hall–Kier alpha value is -1.28. The summed E-state index contributed by atoms with van der Waals surface area (Å²) >= 11 is 0. The van der Waals surface area contributed by atoms with E-state index in [-0.39, 0.29) is 0 Å². The van der Waals surface area contributed by atoms with Crippen LogP contribution in [-0.2, 0) is 12.8 Å². The minimum atomic E-state index is 0.739. The molecule has 1 aliphatic heterocycles. The molecular formula is C18H27NO. The Bertz CT molecular complexity index is 437. The van der Waals surface area contributed by atoms with Crippen LogP contribution in [0.25, 0.3) is 0 Å². The Balaban J connectivity index is 1.61. The molecule has 1 heterocycles. The minimum absolute atomic E-state index is 0.739. The molecule has 0 amide bonds. The van der Waals surface area contributed by atoms with Crippen molar-refractivity contribution in [3.8, 4) is 5.75 Å². The predicted octanol–water partition coefficient (Wildman–Crippen LogP) is 3.75. The summed E-state index contributed by atoms with van der Waals surface area (Å²) in [5.74, 6) is 1.82. The van der Waals surface area contributed by atoms with Crippen LogP contribution >= 0.6 is 0 Å². The quantitative estimate of drug-likeness (QED) is 0.575. The molecular weight excluding hydrogens is 246 g/mol. The number of rotatable bonds is 8. The Morgan fingerprint density at radius 3 is 2.95 bits per heavy atom. The molecule has 0 atom stereocenters. The van der Waals surface area contributed by atoms with Crippen LogP contribution in [0.5, 0.6) is 5.75 Å². The second kappa shape index (κ2) is 8.11. The van der Waals surface area contributed by atoms with Crippen molar-refractivity contribution in [3.05, 3.63) is 41.5 Å².